The van der Waals surface area contributed by atoms with E-state index in [2.05, 4.69) is 5.10 Å². The van der Waals surface area contributed by atoms with E-state index in [1.165, 1.54) is 10.7 Å². The number of nitrogens with one attached hydrogen (secondary N) is 1. The van der Waals surface area contributed by atoms with Crippen LogP contribution in [0.25, 0.3) is 0 Å². The molecular weight excluding hydrogens is 184 g/mol. The molecule has 78 valence electrons. The molecule has 0 saturated carbocycles. The van der Waals surface area contributed by atoms with Gasteiger partial charge >= 0.3 is 5.97 Å². The summed E-state index contributed by atoms with van der Waals surface area (Å²) in [5.74, 6) is -1.02. The van der Waals surface area contributed by atoms with Crippen molar-refractivity contribution in [3.63, 3.8) is 0 Å². The third-order valence-corrected chi connectivity index (χ3v) is 2.14. The monoisotopic (exact) mass is 198 g/mol. The minimum atomic E-state index is -0.859. The van der Waals surface area contributed by atoms with Gasteiger partial charge in [0.2, 0.25) is 0 Å². The molecule has 5 heteroatoms. The van der Waals surface area contributed by atoms with E-state index < -0.39 is 5.97 Å². The number of H-pyrrole nitrogens is 1. The minimum absolute atomic E-state index is 0.0314. The largest absolute Gasteiger partial charge is 0.481 e. The first kappa shape index (κ1) is 10.6. The van der Waals surface area contributed by atoms with Crippen molar-refractivity contribution < 1.29 is 9.90 Å². The molecule has 5 nitrogen and oxygen atoms in total. The fourth-order valence-corrected chi connectivity index (χ4v) is 1.31. The highest BCUT2D eigenvalue weighted by molar-refractivity contribution is 5.67. The van der Waals surface area contributed by atoms with Gasteiger partial charge in [-0.05, 0) is 6.92 Å². The Hall–Kier alpha value is -1.52. The van der Waals surface area contributed by atoms with Gasteiger partial charge in [-0.25, -0.2) is 0 Å². The number of carboxylic acid groups (broad SMARTS) is 1. The second-order valence-corrected chi connectivity index (χ2v) is 3.29. The SMILES string of the molecule is CCn1[nH]c(C(C)CC(=O)O)cc1=O. The second kappa shape index (κ2) is 4.13. The molecule has 1 aromatic heterocycles. The Kier molecular flexibility index (Phi) is 3.11. The molecule has 0 amide bonds. The molecule has 0 aliphatic heterocycles. The number of rotatable bonds is 4. The molecule has 2 N–H and O–H groups in total. The topological polar surface area (TPSA) is 75.1 Å². The Morgan fingerprint density at radius 3 is 2.79 bits per heavy atom. The van der Waals surface area contributed by atoms with E-state index in [1.807, 2.05) is 6.92 Å². The van der Waals surface area contributed by atoms with Crippen molar-refractivity contribution in [2.75, 3.05) is 0 Å². The fourth-order valence-electron chi connectivity index (χ4n) is 1.31. The van der Waals surface area contributed by atoms with E-state index in [1.54, 1.807) is 6.92 Å². The van der Waals surface area contributed by atoms with Crippen molar-refractivity contribution in [1.82, 2.24) is 9.78 Å². The zero-order valence-corrected chi connectivity index (χ0v) is 8.28. The molecule has 1 rings (SSSR count). The lowest BCUT2D eigenvalue weighted by atomic mass is 10.1. The van der Waals surface area contributed by atoms with Gasteiger partial charge in [0.15, 0.2) is 0 Å². The maximum Gasteiger partial charge on any atom is 0.304 e. The number of hydrogen-bond acceptors (Lipinski definition) is 2. The average molecular weight is 198 g/mol. The summed E-state index contributed by atoms with van der Waals surface area (Å²) >= 11 is 0. The van der Waals surface area contributed by atoms with Crippen LogP contribution in [-0.2, 0) is 11.3 Å². The molecule has 0 spiro atoms. The zero-order valence-electron chi connectivity index (χ0n) is 8.28. The number of nitrogens with zero attached hydrogens (tertiary/aromatic N) is 1. The summed E-state index contributed by atoms with van der Waals surface area (Å²) in [6.07, 6.45) is 0.0314. The van der Waals surface area contributed by atoms with Gasteiger partial charge in [0.25, 0.3) is 5.56 Å². The minimum Gasteiger partial charge on any atom is -0.481 e. The molecule has 0 aromatic carbocycles. The number of aromatic amines is 1. The Labute approximate surface area is 81.3 Å². The molecule has 14 heavy (non-hydrogen) atoms. The second-order valence-electron chi connectivity index (χ2n) is 3.29. The van der Waals surface area contributed by atoms with Gasteiger partial charge in [-0.15, -0.1) is 0 Å². The maximum atomic E-state index is 11.2. The Morgan fingerprint density at radius 2 is 2.36 bits per heavy atom. The van der Waals surface area contributed by atoms with Crippen LogP contribution in [0.15, 0.2) is 10.9 Å². The van der Waals surface area contributed by atoms with Crippen molar-refractivity contribution in [3.05, 3.63) is 22.1 Å². The van der Waals surface area contributed by atoms with E-state index in [4.69, 9.17) is 5.11 Å². The Balaban J connectivity index is 2.85. The Bertz CT molecular complexity index is 378. The van der Waals surface area contributed by atoms with Gasteiger partial charge in [0, 0.05) is 24.2 Å². The molecule has 1 heterocycles. The lowest BCUT2D eigenvalue weighted by molar-refractivity contribution is -0.137. The number of aryl methyl sites for hydroxylation is 1. The summed E-state index contributed by atoms with van der Waals surface area (Å²) in [6.45, 7) is 4.20. The first-order valence-corrected chi connectivity index (χ1v) is 4.56. The molecule has 0 bridgehead atoms. The van der Waals surface area contributed by atoms with Gasteiger partial charge in [0.1, 0.15) is 0 Å². The molecular formula is C9H14N2O3. The smallest absolute Gasteiger partial charge is 0.304 e. The first-order valence-electron chi connectivity index (χ1n) is 4.56. The van der Waals surface area contributed by atoms with Gasteiger partial charge in [-0.3, -0.25) is 19.4 Å². The van der Waals surface area contributed by atoms with E-state index in [-0.39, 0.29) is 17.9 Å². The number of aromatic nitrogens is 2. The summed E-state index contributed by atoms with van der Waals surface area (Å²) in [7, 11) is 0. The summed E-state index contributed by atoms with van der Waals surface area (Å²) in [6, 6.07) is 1.46. The summed E-state index contributed by atoms with van der Waals surface area (Å²) in [5, 5.41) is 11.5. The van der Waals surface area contributed by atoms with Gasteiger partial charge in [-0.2, -0.15) is 0 Å². The van der Waals surface area contributed by atoms with Crippen molar-refractivity contribution in [2.24, 2.45) is 0 Å². The van der Waals surface area contributed by atoms with Crippen LogP contribution in [0.4, 0.5) is 0 Å². The average Bonchev–Trinajstić information content (AvgIpc) is 2.45. The highest BCUT2D eigenvalue weighted by atomic mass is 16.4. The van der Waals surface area contributed by atoms with Gasteiger partial charge < -0.3 is 5.11 Å². The lowest BCUT2D eigenvalue weighted by Gasteiger charge is -2.05. The number of carbonyl (C=O) groups is 1. The molecule has 1 aromatic rings. The van der Waals surface area contributed by atoms with Crippen molar-refractivity contribution in [1.29, 1.82) is 0 Å². The van der Waals surface area contributed by atoms with Crippen LogP contribution in [-0.4, -0.2) is 20.9 Å². The van der Waals surface area contributed by atoms with Crippen LogP contribution in [0.2, 0.25) is 0 Å². The zero-order chi connectivity index (χ0) is 10.7. The van der Waals surface area contributed by atoms with Crippen molar-refractivity contribution in [2.45, 2.75) is 32.7 Å². The van der Waals surface area contributed by atoms with Gasteiger partial charge in [-0.1, -0.05) is 6.92 Å². The van der Waals surface area contributed by atoms with Crippen LogP contribution in [0.5, 0.6) is 0 Å². The van der Waals surface area contributed by atoms with Crippen LogP contribution < -0.4 is 5.56 Å². The molecule has 0 saturated heterocycles. The Morgan fingerprint density at radius 1 is 1.71 bits per heavy atom. The predicted molar refractivity (Wildman–Crippen MR) is 51.4 cm³/mol. The van der Waals surface area contributed by atoms with Crippen molar-refractivity contribution in [3.8, 4) is 0 Å². The number of hydrogen-bond donors (Lipinski definition) is 2. The molecule has 0 aliphatic rings. The summed E-state index contributed by atoms with van der Waals surface area (Å²) in [5.41, 5.74) is 0.569. The molecule has 0 radical (unpaired) electrons. The lowest BCUT2D eigenvalue weighted by Crippen LogP contribution is -2.13. The molecule has 1 atom stereocenters. The first-order chi connectivity index (χ1) is 6.54. The number of carboxylic acids is 1. The molecule has 1 unspecified atom stereocenters. The summed E-state index contributed by atoms with van der Waals surface area (Å²) < 4.78 is 1.45. The van der Waals surface area contributed by atoms with Crippen LogP contribution in [0.3, 0.4) is 0 Å². The van der Waals surface area contributed by atoms with Crippen LogP contribution in [0.1, 0.15) is 31.9 Å². The fraction of sp³-hybridized carbons (Fsp3) is 0.556. The third-order valence-electron chi connectivity index (χ3n) is 2.14. The van der Waals surface area contributed by atoms with E-state index in [0.29, 0.717) is 12.2 Å². The van der Waals surface area contributed by atoms with Crippen molar-refractivity contribution >= 4 is 5.97 Å². The highest BCUT2D eigenvalue weighted by Crippen LogP contribution is 2.14. The number of aliphatic carboxylic acids is 1. The van der Waals surface area contributed by atoms with Crippen LogP contribution >= 0.6 is 0 Å². The quantitative estimate of drug-likeness (QED) is 0.750. The molecule has 0 fully saturated rings. The van der Waals surface area contributed by atoms with Crippen LogP contribution in [0, 0.1) is 0 Å². The third kappa shape index (κ3) is 2.25. The van der Waals surface area contributed by atoms with E-state index in [9.17, 15) is 9.59 Å². The summed E-state index contributed by atoms with van der Waals surface area (Å²) in [4.78, 5) is 21.7. The van der Waals surface area contributed by atoms with Gasteiger partial charge in [0.05, 0.1) is 6.42 Å². The van der Waals surface area contributed by atoms with E-state index >= 15 is 0 Å². The van der Waals surface area contributed by atoms with E-state index in [0.717, 1.165) is 0 Å². The maximum absolute atomic E-state index is 11.2. The standard InChI is InChI=1S/C9H14N2O3/c1-3-11-8(12)5-7(10-11)6(2)4-9(13)14/h5-6,10H,3-4H2,1-2H3,(H,13,14). The predicted octanol–water partition coefficient (Wildman–Crippen LogP) is 0.774. The highest BCUT2D eigenvalue weighted by Gasteiger charge is 2.13. The molecule has 0 aliphatic carbocycles. The normalized spacial score (nSPS) is 12.7.